The maximum Gasteiger partial charge on any atom is 0.282 e. The maximum absolute atomic E-state index is 13.1. The van der Waals surface area contributed by atoms with Crippen LogP contribution in [-0.4, -0.2) is 57.9 Å². The number of aryl methyl sites for hydroxylation is 1. The highest BCUT2D eigenvalue weighted by molar-refractivity contribution is 6.37. The molecule has 1 aliphatic heterocycles. The first-order chi connectivity index (χ1) is 16.4. The Morgan fingerprint density at radius 2 is 1.65 bits per heavy atom. The SMILES string of the molecule is Cc1nn(-c2c(Cl)cccc2Cl)c(=O)c2cnc(Nc3ccc(N4CCN(C)CC4)cc3)nc12. The highest BCUT2D eigenvalue weighted by Gasteiger charge is 2.17. The number of anilines is 3. The van der Waals surface area contributed by atoms with Gasteiger partial charge in [0.2, 0.25) is 5.95 Å². The van der Waals surface area contributed by atoms with Gasteiger partial charge in [-0.3, -0.25) is 4.79 Å². The molecule has 5 rings (SSSR count). The zero-order valence-corrected chi connectivity index (χ0v) is 20.3. The number of fused-ring (bicyclic) bond motifs is 1. The van der Waals surface area contributed by atoms with Crippen LogP contribution in [0.2, 0.25) is 10.0 Å². The number of halogens is 2. The Morgan fingerprint density at radius 1 is 0.971 bits per heavy atom. The molecular formula is C24H23Cl2N7O. The number of nitrogens with one attached hydrogen (secondary N) is 1. The predicted molar refractivity (Wildman–Crippen MR) is 137 cm³/mol. The first-order valence-electron chi connectivity index (χ1n) is 10.9. The summed E-state index contributed by atoms with van der Waals surface area (Å²) in [5.74, 6) is 0.387. The molecule has 0 spiro atoms. The second-order valence-corrected chi connectivity index (χ2v) is 9.11. The molecule has 0 aliphatic carbocycles. The monoisotopic (exact) mass is 495 g/mol. The zero-order chi connectivity index (χ0) is 23.8. The lowest BCUT2D eigenvalue weighted by molar-refractivity contribution is 0.313. The average Bonchev–Trinajstić information content (AvgIpc) is 2.83. The van der Waals surface area contributed by atoms with Crippen molar-refractivity contribution in [2.45, 2.75) is 6.92 Å². The molecule has 0 unspecified atom stereocenters. The van der Waals surface area contributed by atoms with Crippen LogP contribution in [0.15, 0.2) is 53.5 Å². The summed E-state index contributed by atoms with van der Waals surface area (Å²) >= 11 is 12.6. The van der Waals surface area contributed by atoms with E-state index in [1.807, 2.05) is 12.1 Å². The molecule has 0 amide bonds. The molecule has 1 N–H and O–H groups in total. The van der Waals surface area contributed by atoms with Crippen molar-refractivity contribution in [3.05, 3.63) is 74.8 Å². The number of rotatable bonds is 4. The fraction of sp³-hybridized carbons (Fsp3) is 0.250. The standard InChI is InChI=1S/C24H23Cl2N7O/c1-15-21-18(23(34)33(30-15)22-19(25)4-3-5-20(22)26)14-27-24(29-21)28-16-6-8-17(9-7-16)32-12-10-31(2)11-13-32/h3-9,14H,10-13H2,1-2H3,(H,27,28,29). The van der Waals surface area contributed by atoms with E-state index in [4.69, 9.17) is 23.2 Å². The molecule has 3 heterocycles. The summed E-state index contributed by atoms with van der Waals surface area (Å²) in [4.78, 5) is 26.8. The Kier molecular flexibility index (Phi) is 6.12. The number of para-hydroxylation sites is 1. The number of nitrogens with zero attached hydrogens (tertiary/aromatic N) is 6. The van der Waals surface area contributed by atoms with Gasteiger partial charge >= 0.3 is 0 Å². The van der Waals surface area contributed by atoms with Crippen molar-refractivity contribution in [1.82, 2.24) is 24.6 Å². The minimum absolute atomic E-state index is 0.333. The number of likely N-dealkylation sites (N-methyl/N-ethyl adjacent to an activating group) is 1. The average molecular weight is 496 g/mol. The van der Waals surface area contributed by atoms with Crippen molar-refractivity contribution < 1.29 is 0 Å². The summed E-state index contributed by atoms with van der Waals surface area (Å²) in [7, 11) is 2.15. The van der Waals surface area contributed by atoms with Crippen LogP contribution in [0.4, 0.5) is 17.3 Å². The molecule has 0 radical (unpaired) electrons. The molecule has 0 bridgehead atoms. The highest BCUT2D eigenvalue weighted by Crippen LogP contribution is 2.27. The van der Waals surface area contributed by atoms with Crippen molar-refractivity contribution in [1.29, 1.82) is 0 Å². The van der Waals surface area contributed by atoms with E-state index in [9.17, 15) is 4.79 Å². The lowest BCUT2D eigenvalue weighted by Gasteiger charge is -2.34. The van der Waals surface area contributed by atoms with Gasteiger partial charge in [-0.05, 0) is 50.4 Å². The van der Waals surface area contributed by atoms with Crippen LogP contribution in [0.5, 0.6) is 0 Å². The van der Waals surface area contributed by atoms with Gasteiger partial charge in [0, 0.05) is 43.8 Å². The quantitative estimate of drug-likeness (QED) is 0.452. The molecule has 0 saturated carbocycles. The molecule has 10 heteroatoms. The molecule has 34 heavy (non-hydrogen) atoms. The van der Waals surface area contributed by atoms with E-state index >= 15 is 0 Å². The van der Waals surface area contributed by atoms with Gasteiger partial charge in [-0.1, -0.05) is 29.3 Å². The summed E-state index contributed by atoms with van der Waals surface area (Å²) in [5, 5.41) is 8.63. The van der Waals surface area contributed by atoms with Gasteiger partial charge in [-0.2, -0.15) is 9.78 Å². The van der Waals surface area contributed by atoms with Crippen LogP contribution >= 0.6 is 23.2 Å². The van der Waals surface area contributed by atoms with Crippen molar-refractivity contribution in [2.24, 2.45) is 0 Å². The smallest absolute Gasteiger partial charge is 0.282 e. The molecular weight excluding hydrogens is 473 g/mol. The van der Waals surface area contributed by atoms with Gasteiger partial charge in [0.25, 0.3) is 5.56 Å². The molecule has 2 aromatic heterocycles. The zero-order valence-electron chi connectivity index (χ0n) is 18.8. The molecule has 8 nitrogen and oxygen atoms in total. The van der Waals surface area contributed by atoms with Crippen LogP contribution < -0.4 is 15.8 Å². The number of hydrogen-bond acceptors (Lipinski definition) is 7. The largest absolute Gasteiger partial charge is 0.369 e. The third-order valence-electron chi connectivity index (χ3n) is 5.95. The molecule has 1 saturated heterocycles. The Hall–Kier alpha value is -3.20. The van der Waals surface area contributed by atoms with E-state index in [0.29, 0.717) is 38.3 Å². The topological polar surface area (TPSA) is 79.2 Å². The van der Waals surface area contributed by atoms with E-state index in [2.05, 4.69) is 49.4 Å². The molecule has 2 aromatic carbocycles. The fourth-order valence-corrected chi connectivity index (χ4v) is 4.58. The molecule has 0 atom stereocenters. The fourth-order valence-electron chi connectivity index (χ4n) is 4.02. The van der Waals surface area contributed by atoms with Gasteiger partial charge in [0.15, 0.2) is 0 Å². The van der Waals surface area contributed by atoms with Gasteiger partial charge in [0.05, 0.1) is 21.1 Å². The molecule has 1 fully saturated rings. The van der Waals surface area contributed by atoms with Crippen molar-refractivity contribution in [2.75, 3.05) is 43.4 Å². The Morgan fingerprint density at radius 3 is 2.32 bits per heavy atom. The second kappa shape index (κ2) is 9.21. The number of benzene rings is 2. The predicted octanol–water partition coefficient (Wildman–Crippen LogP) is 4.29. The lowest BCUT2D eigenvalue weighted by atomic mass is 10.2. The van der Waals surface area contributed by atoms with E-state index < -0.39 is 5.56 Å². The lowest BCUT2D eigenvalue weighted by Crippen LogP contribution is -2.44. The maximum atomic E-state index is 13.1. The van der Waals surface area contributed by atoms with E-state index in [1.165, 1.54) is 16.6 Å². The molecule has 174 valence electrons. The van der Waals surface area contributed by atoms with E-state index in [0.717, 1.165) is 31.9 Å². The van der Waals surface area contributed by atoms with Crippen molar-refractivity contribution >= 4 is 51.4 Å². The number of piperazine rings is 1. The summed E-state index contributed by atoms with van der Waals surface area (Å²) in [6, 6.07) is 13.2. The highest BCUT2D eigenvalue weighted by atomic mass is 35.5. The van der Waals surface area contributed by atoms with Crippen LogP contribution in [0.1, 0.15) is 5.69 Å². The summed E-state index contributed by atoms with van der Waals surface area (Å²) < 4.78 is 1.20. The Bertz CT molecular complexity index is 1390. The minimum atomic E-state index is -0.390. The first kappa shape index (κ1) is 22.6. The van der Waals surface area contributed by atoms with Gasteiger partial charge in [0.1, 0.15) is 11.2 Å². The van der Waals surface area contributed by atoms with Crippen LogP contribution in [0.25, 0.3) is 16.6 Å². The summed E-state index contributed by atoms with van der Waals surface area (Å²) in [6.45, 7) is 5.93. The molecule has 4 aromatic rings. The van der Waals surface area contributed by atoms with Crippen LogP contribution in [0, 0.1) is 6.92 Å². The second-order valence-electron chi connectivity index (χ2n) is 8.29. The summed E-state index contributed by atoms with van der Waals surface area (Å²) in [6.07, 6.45) is 1.50. The van der Waals surface area contributed by atoms with Crippen molar-refractivity contribution in [3.63, 3.8) is 0 Å². The minimum Gasteiger partial charge on any atom is -0.369 e. The normalized spacial score (nSPS) is 14.5. The van der Waals surface area contributed by atoms with E-state index in [1.54, 1.807) is 25.1 Å². The number of aromatic nitrogens is 4. The van der Waals surface area contributed by atoms with Crippen LogP contribution in [0.3, 0.4) is 0 Å². The van der Waals surface area contributed by atoms with E-state index in [-0.39, 0.29) is 0 Å². The van der Waals surface area contributed by atoms with Gasteiger partial charge in [-0.15, -0.1) is 0 Å². The van der Waals surface area contributed by atoms with Crippen molar-refractivity contribution in [3.8, 4) is 5.69 Å². The third kappa shape index (κ3) is 4.32. The van der Waals surface area contributed by atoms with Crippen LogP contribution in [-0.2, 0) is 0 Å². The Balaban J connectivity index is 1.43. The number of hydrogen-bond donors (Lipinski definition) is 1. The summed E-state index contributed by atoms with van der Waals surface area (Å²) in [5.41, 5.74) is 3.02. The third-order valence-corrected chi connectivity index (χ3v) is 6.56. The van der Waals surface area contributed by atoms with Gasteiger partial charge in [-0.25, -0.2) is 9.97 Å². The first-order valence-corrected chi connectivity index (χ1v) is 11.7. The Labute approximate surface area is 206 Å². The molecule has 1 aliphatic rings. The van der Waals surface area contributed by atoms with Gasteiger partial charge < -0.3 is 15.1 Å².